The summed E-state index contributed by atoms with van der Waals surface area (Å²) in [6, 6.07) is 0. The molecule has 1 saturated heterocycles. The molecule has 0 radical (unpaired) electrons. The van der Waals surface area contributed by atoms with Gasteiger partial charge in [0.05, 0.1) is 5.75 Å². The second kappa shape index (κ2) is 2.27. The smallest absolute Gasteiger partial charge is 0.211 e. The zero-order valence-electron chi connectivity index (χ0n) is 5.42. The number of hydrogen-bond donors (Lipinski definition) is 1. The lowest BCUT2D eigenvalue weighted by molar-refractivity contribution is 0.505. The third-order valence-corrected chi connectivity index (χ3v) is 3.11. The highest BCUT2D eigenvalue weighted by Gasteiger charge is 2.19. The topological polar surface area (TPSA) is 46.2 Å². The van der Waals surface area contributed by atoms with Crippen LogP contribution in [0.3, 0.4) is 0 Å². The maximum absolute atomic E-state index is 10.7. The molecule has 1 fully saturated rings. The highest BCUT2D eigenvalue weighted by molar-refractivity contribution is 7.89. The van der Waals surface area contributed by atoms with E-state index in [2.05, 4.69) is 4.72 Å². The van der Waals surface area contributed by atoms with Crippen molar-refractivity contribution in [1.82, 2.24) is 4.72 Å². The first-order valence-corrected chi connectivity index (χ1v) is 4.73. The molecule has 1 aliphatic heterocycles. The van der Waals surface area contributed by atoms with Crippen molar-refractivity contribution in [2.24, 2.45) is 5.92 Å². The molecule has 1 rings (SSSR count). The lowest BCUT2D eigenvalue weighted by atomic mass is 10.1. The first-order chi connectivity index (χ1) is 4.10. The molecule has 0 spiro atoms. The molecule has 1 heterocycles. The minimum absolute atomic E-state index is 0.299. The second-order valence-electron chi connectivity index (χ2n) is 2.57. The number of sulfonamides is 1. The van der Waals surface area contributed by atoms with Crippen LogP contribution in [-0.2, 0) is 10.0 Å². The molecule has 1 unspecified atom stereocenters. The van der Waals surface area contributed by atoms with Crippen LogP contribution in [0.1, 0.15) is 13.3 Å². The quantitative estimate of drug-likeness (QED) is 0.524. The number of nitrogens with one attached hydrogen (secondary N) is 1. The molecule has 0 aromatic rings. The van der Waals surface area contributed by atoms with Gasteiger partial charge in [-0.3, -0.25) is 0 Å². The normalized spacial score (nSPS) is 34.1. The van der Waals surface area contributed by atoms with Crippen LogP contribution in [0.25, 0.3) is 0 Å². The van der Waals surface area contributed by atoms with Gasteiger partial charge in [-0.05, 0) is 12.3 Å². The Hall–Kier alpha value is -0.0900. The summed E-state index contributed by atoms with van der Waals surface area (Å²) in [6.07, 6.45) is 0.971. The van der Waals surface area contributed by atoms with E-state index in [1.54, 1.807) is 0 Å². The van der Waals surface area contributed by atoms with Crippen LogP contribution in [0.15, 0.2) is 0 Å². The second-order valence-corrected chi connectivity index (χ2v) is 4.42. The van der Waals surface area contributed by atoms with Crippen molar-refractivity contribution in [2.75, 3.05) is 12.3 Å². The van der Waals surface area contributed by atoms with E-state index in [4.69, 9.17) is 0 Å². The SMILES string of the molecule is CC1CCNS(=O)(=O)C1. The van der Waals surface area contributed by atoms with Crippen molar-refractivity contribution >= 4 is 10.0 Å². The summed E-state index contributed by atoms with van der Waals surface area (Å²) in [6.45, 7) is 2.57. The van der Waals surface area contributed by atoms with Gasteiger partial charge in [-0.25, -0.2) is 13.1 Å². The van der Waals surface area contributed by atoms with Crippen molar-refractivity contribution in [3.8, 4) is 0 Å². The molecular weight excluding hydrogens is 138 g/mol. The monoisotopic (exact) mass is 149 g/mol. The molecule has 0 aromatic carbocycles. The molecule has 3 nitrogen and oxygen atoms in total. The van der Waals surface area contributed by atoms with Gasteiger partial charge in [-0.2, -0.15) is 0 Å². The Bertz CT molecular complexity index is 185. The molecule has 4 heteroatoms. The van der Waals surface area contributed by atoms with Gasteiger partial charge in [0.15, 0.2) is 0 Å². The fourth-order valence-corrected chi connectivity index (χ4v) is 2.44. The first-order valence-electron chi connectivity index (χ1n) is 3.07. The van der Waals surface area contributed by atoms with Crippen LogP contribution in [0.5, 0.6) is 0 Å². The molecular formula is C5H11NO2S. The Morgan fingerprint density at radius 1 is 1.56 bits per heavy atom. The van der Waals surface area contributed by atoms with Crippen LogP contribution >= 0.6 is 0 Å². The van der Waals surface area contributed by atoms with Crippen LogP contribution in [0.4, 0.5) is 0 Å². The summed E-state index contributed by atoms with van der Waals surface area (Å²) in [4.78, 5) is 0. The lowest BCUT2D eigenvalue weighted by Crippen LogP contribution is -2.36. The average Bonchev–Trinajstić information content (AvgIpc) is 1.60. The first kappa shape index (κ1) is 7.02. The van der Waals surface area contributed by atoms with Crippen molar-refractivity contribution in [2.45, 2.75) is 13.3 Å². The van der Waals surface area contributed by atoms with Crippen molar-refractivity contribution in [3.05, 3.63) is 0 Å². The molecule has 0 aromatic heterocycles. The maximum atomic E-state index is 10.7. The van der Waals surface area contributed by atoms with Gasteiger partial charge < -0.3 is 0 Å². The average molecular weight is 149 g/mol. The van der Waals surface area contributed by atoms with Gasteiger partial charge in [-0.1, -0.05) is 6.92 Å². The van der Waals surface area contributed by atoms with Crippen molar-refractivity contribution < 1.29 is 8.42 Å². The molecule has 9 heavy (non-hydrogen) atoms. The van der Waals surface area contributed by atoms with E-state index in [1.807, 2.05) is 6.92 Å². The summed E-state index contributed by atoms with van der Waals surface area (Å²) < 4.78 is 24.0. The van der Waals surface area contributed by atoms with Crippen molar-refractivity contribution in [1.29, 1.82) is 0 Å². The number of hydrogen-bond acceptors (Lipinski definition) is 2. The van der Waals surface area contributed by atoms with Crippen LogP contribution in [0, 0.1) is 5.92 Å². The van der Waals surface area contributed by atoms with Crippen LogP contribution < -0.4 is 4.72 Å². The summed E-state index contributed by atoms with van der Waals surface area (Å²) in [5, 5.41) is 0. The zero-order valence-corrected chi connectivity index (χ0v) is 6.24. The van der Waals surface area contributed by atoms with Gasteiger partial charge in [0, 0.05) is 6.54 Å². The minimum atomic E-state index is -2.88. The highest BCUT2D eigenvalue weighted by atomic mass is 32.2. The highest BCUT2D eigenvalue weighted by Crippen LogP contribution is 2.08. The van der Waals surface area contributed by atoms with Gasteiger partial charge in [-0.15, -0.1) is 0 Å². The van der Waals surface area contributed by atoms with E-state index in [-0.39, 0.29) is 0 Å². The summed E-state index contributed by atoms with van der Waals surface area (Å²) in [5.74, 6) is 0.628. The fourth-order valence-electron chi connectivity index (χ4n) is 0.978. The molecule has 0 saturated carbocycles. The number of rotatable bonds is 0. The Morgan fingerprint density at radius 3 is 2.56 bits per heavy atom. The van der Waals surface area contributed by atoms with E-state index in [1.165, 1.54) is 0 Å². The van der Waals surface area contributed by atoms with Crippen LogP contribution in [-0.4, -0.2) is 20.7 Å². The van der Waals surface area contributed by atoms with Gasteiger partial charge in [0.2, 0.25) is 10.0 Å². The largest absolute Gasteiger partial charge is 0.215 e. The van der Waals surface area contributed by atoms with Gasteiger partial charge >= 0.3 is 0 Å². The molecule has 54 valence electrons. The zero-order chi connectivity index (χ0) is 6.91. The third-order valence-electron chi connectivity index (χ3n) is 1.46. The van der Waals surface area contributed by atoms with E-state index >= 15 is 0 Å². The third kappa shape index (κ3) is 1.95. The lowest BCUT2D eigenvalue weighted by Gasteiger charge is -2.18. The van der Waals surface area contributed by atoms with Gasteiger partial charge in [0.25, 0.3) is 0 Å². The summed E-state index contributed by atoms with van der Waals surface area (Å²) >= 11 is 0. The predicted octanol–water partition coefficient (Wildman–Crippen LogP) is -0.0544. The predicted molar refractivity (Wildman–Crippen MR) is 35.6 cm³/mol. The standard InChI is InChI=1S/C5H11NO2S/c1-5-2-3-6-9(7,8)4-5/h5-6H,2-4H2,1H3. The molecule has 1 N–H and O–H groups in total. The van der Waals surface area contributed by atoms with E-state index in [0.29, 0.717) is 18.2 Å². The Kier molecular flexibility index (Phi) is 1.77. The molecule has 1 atom stereocenters. The summed E-state index contributed by atoms with van der Waals surface area (Å²) in [7, 11) is -2.88. The molecule has 0 amide bonds. The fraction of sp³-hybridized carbons (Fsp3) is 1.00. The molecule has 1 aliphatic rings. The Morgan fingerprint density at radius 2 is 2.22 bits per heavy atom. The molecule has 0 aliphatic carbocycles. The minimum Gasteiger partial charge on any atom is -0.215 e. The Labute approximate surface area is 55.5 Å². The Balaban J connectivity index is 2.62. The van der Waals surface area contributed by atoms with Gasteiger partial charge in [0.1, 0.15) is 0 Å². The van der Waals surface area contributed by atoms with E-state index < -0.39 is 10.0 Å². The summed E-state index contributed by atoms with van der Waals surface area (Å²) in [5.41, 5.74) is 0. The molecule has 0 bridgehead atoms. The maximum Gasteiger partial charge on any atom is 0.211 e. The van der Waals surface area contributed by atoms with E-state index in [9.17, 15) is 8.42 Å². The van der Waals surface area contributed by atoms with Crippen molar-refractivity contribution in [3.63, 3.8) is 0 Å². The van der Waals surface area contributed by atoms with Crippen LogP contribution in [0.2, 0.25) is 0 Å². The van der Waals surface area contributed by atoms with E-state index in [0.717, 1.165) is 6.42 Å².